The summed E-state index contributed by atoms with van der Waals surface area (Å²) in [5.74, 6) is 1.06. The number of aliphatic hydroxyl groups excluding tert-OH is 1. The number of rotatable bonds is 9. The van der Waals surface area contributed by atoms with E-state index < -0.39 is 0 Å². The van der Waals surface area contributed by atoms with Crippen LogP contribution in [0.1, 0.15) is 19.2 Å². The van der Waals surface area contributed by atoms with Crippen molar-refractivity contribution in [2.75, 3.05) is 26.4 Å². The number of imidazole rings is 1. The topological polar surface area (TPSA) is 59.3 Å². The average molecular weight is 227 g/mol. The Morgan fingerprint density at radius 3 is 3.12 bits per heavy atom. The molecule has 0 amide bonds. The lowest BCUT2D eigenvalue weighted by molar-refractivity contribution is 0.0937. The molecule has 0 aliphatic carbocycles. The lowest BCUT2D eigenvalue weighted by Gasteiger charge is -2.07. The van der Waals surface area contributed by atoms with E-state index in [2.05, 4.69) is 21.8 Å². The van der Waals surface area contributed by atoms with Gasteiger partial charge in [-0.1, -0.05) is 6.92 Å². The van der Waals surface area contributed by atoms with E-state index in [0.29, 0.717) is 13.2 Å². The maximum absolute atomic E-state index is 8.51. The van der Waals surface area contributed by atoms with Crippen LogP contribution in [0.2, 0.25) is 0 Å². The fraction of sp³-hybridized carbons (Fsp3) is 0.727. The van der Waals surface area contributed by atoms with E-state index in [0.717, 1.165) is 31.9 Å². The van der Waals surface area contributed by atoms with E-state index in [1.807, 2.05) is 12.4 Å². The lowest BCUT2D eigenvalue weighted by Crippen LogP contribution is -2.22. The second-order valence-electron chi connectivity index (χ2n) is 3.55. The van der Waals surface area contributed by atoms with E-state index in [9.17, 15) is 0 Å². The molecule has 1 rings (SSSR count). The van der Waals surface area contributed by atoms with Crippen LogP contribution in [0.5, 0.6) is 0 Å². The summed E-state index contributed by atoms with van der Waals surface area (Å²) in [6.07, 6.45) is 4.95. The smallest absolute Gasteiger partial charge is 0.122 e. The molecule has 0 fully saturated rings. The molecule has 1 aromatic heterocycles. The largest absolute Gasteiger partial charge is 0.394 e. The van der Waals surface area contributed by atoms with Crippen LogP contribution in [0.25, 0.3) is 0 Å². The summed E-state index contributed by atoms with van der Waals surface area (Å²) in [6, 6.07) is 0. The van der Waals surface area contributed by atoms with Gasteiger partial charge in [0.05, 0.1) is 26.4 Å². The first-order chi connectivity index (χ1) is 7.88. The van der Waals surface area contributed by atoms with Gasteiger partial charge in [-0.2, -0.15) is 0 Å². The van der Waals surface area contributed by atoms with Gasteiger partial charge in [-0.15, -0.1) is 0 Å². The number of aromatic nitrogens is 2. The van der Waals surface area contributed by atoms with E-state index in [1.165, 1.54) is 0 Å². The van der Waals surface area contributed by atoms with Crippen LogP contribution in [-0.4, -0.2) is 41.0 Å². The summed E-state index contributed by atoms with van der Waals surface area (Å²) >= 11 is 0. The number of aryl methyl sites for hydroxylation is 1. The number of ether oxygens (including phenoxy) is 1. The Hall–Kier alpha value is -0.910. The van der Waals surface area contributed by atoms with Gasteiger partial charge in [-0.3, -0.25) is 0 Å². The Kier molecular flexibility index (Phi) is 6.80. The molecule has 92 valence electrons. The summed E-state index contributed by atoms with van der Waals surface area (Å²) < 4.78 is 7.29. The highest BCUT2D eigenvalue weighted by atomic mass is 16.5. The first-order valence-electron chi connectivity index (χ1n) is 5.77. The second kappa shape index (κ2) is 8.27. The van der Waals surface area contributed by atoms with Crippen molar-refractivity contribution in [3.63, 3.8) is 0 Å². The Balaban J connectivity index is 2.13. The van der Waals surface area contributed by atoms with Gasteiger partial charge in [-0.25, -0.2) is 4.98 Å². The zero-order chi connectivity index (χ0) is 11.6. The highest BCUT2D eigenvalue weighted by Crippen LogP contribution is 1.98. The van der Waals surface area contributed by atoms with Gasteiger partial charge < -0.3 is 19.7 Å². The van der Waals surface area contributed by atoms with E-state index in [4.69, 9.17) is 9.84 Å². The fourth-order valence-corrected chi connectivity index (χ4v) is 1.46. The average Bonchev–Trinajstić information content (AvgIpc) is 2.72. The predicted molar refractivity (Wildman–Crippen MR) is 62.1 cm³/mol. The van der Waals surface area contributed by atoms with Crippen molar-refractivity contribution in [1.29, 1.82) is 0 Å². The van der Waals surface area contributed by atoms with E-state index >= 15 is 0 Å². The van der Waals surface area contributed by atoms with Gasteiger partial charge in [0.2, 0.25) is 0 Å². The molecular weight excluding hydrogens is 206 g/mol. The molecule has 0 aliphatic rings. The Bertz CT molecular complexity index is 276. The van der Waals surface area contributed by atoms with Crippen molar-refractivity contribution in [3.05, 3.63) is 18.2 Å². The molecular formula is C11H21N3O2. The molecule has 0 aromatic carbocycles. The minimum absolute atomic E-state index is 0.0842. The van der Waals surface area contributed by atoms with Crippen molar-refractivity contribution in [2.24, 2.45) is 0 Å². The van der Waals surface area contributed by atoms with E-state index in [-0.39, 0.29) is 6.61 Å². The van der Waals surface area contributed by atoms with Crippen molar-refractivity contribution in [1.82, 2.24) is 14.9 Å². The summed E-state index contributed by atoms with van der Waals surface area (Å²) in [7, 11) is 0. The summed E-state index contributed by atoms with van der Waals surface area (Å²) in [4.78, 5) is 4.29. The standard InChI is InChI=1S/C11H21N3O2/c1-2-5-14-6-3-13-11(14)10-12-4-8-16-9-7-15/h3,6,12,15H,2,4-5,7-10H2,1H3. The highest BCUT2D eigenvalue weighted by molar-refractivity contribution is 4.91. The van der Waals surface area contributed by atoms with Crippen LogP contribution in [0, 0.1) is 0 Å². The van der Waals surface area contributed by atoms with Crippen molar-refractivity contribution >= 4 is 0 Å². The molecule has 16 heavy (non-hydrogen) atoms. The maximum atomic E-state index is 8.51. The molecule has 0 aliphatic heterocycles. The molecule has 5 heteroatoms. The quantitative estimate of drug-likeness (QED) is 0.599. The van der Waals surface area contributed by atoms with Gasteiger partial charge in [0.25, 0.3) is 0 Å². The zero-order valence-corrected chi connectivity index (χ0v) is 9.85. The SMILES string of the molecule is CCCn1ccnc1CNCCOCCO. The van der Waals surface area contributed by atoms with Crippen LogP contribution < -0.4 is 5.32 Å². The van der Waals surface area contributed by atoms with E-state index in [1.54, 1.807) is 0 Å². The maximum Gasteiger partial charge on any atom is 0.122 e. The molecule has 2 N–H and O–H groups in total. The van der Waals surface area contributed by atoms with Crippen molar-refractivity contribution < 1.29 is 9.84 Å². The van der Waals surface area contributed by atoms with Gasteiger partial charge in [0.1, 0.15) is 5.82 Å². The number of nitrogens with zero attached hydrogens (tertiary/aromatic N) is 2. The Labute approximate surface area is 96.4 Å². The third kappa shape index (κ3) is 4.74. The van der Waals surface area contributed by atoms with Gasteiger partial charge >= 0.3 is 0 Å². The molecule has 1 heterocycles. The highest BCUT2D eigenvalue weighted by Gasteiger charge is 2.00. The fourth-order valence-electron chi connectivity index (χ4n) is 1.46. The Morgan fingerprint density at radius 2 is 2.38 bits per heavy atom. The second-order valence-corrected chi connectivity index (χ2v) is 3.55. The molecule has 5 nitrogen and oxygen atoms in total. The summed E-state index contributed by atoms with van der Waals surface area (Å²) in [5, 5.41) is 11.8. The zero-order valence-electron chi connectivity index (χ0n) is 9.85. The Morgan fingerprint density at radius 1 is 1.50 bits per heavy atom. The third-order valence-corrected chi connectivity index (χ3v) is 2.21. The number of hydrogen-bond acceptors (Lipinski definition) is 4. The first-order valence-corrected chi connectivity index (χ1v) is 5.77. The van der Waals surface area contributed by atoms with Crippen molar-refractivity contribution in [2.45, 2.75) is 26.4 Å². The van der Waals surface area contributed by atoms with Gasteiger partial charge in [0.15, 0.2) is 0 Å². The molecule has 0 spiro atoms. The number of hydrogen-bond donors (Lipinski definition) is 2. The number of aliphatic hydroxyl groups is 1. The molecule has 1 aromatic rings. The van der Waals surface area contributed by atoms with Gasteiger partial charge in [-0.05, 0) is 6.42 Å². The first kappa shape index (κ1) is 13.2. The molecule has 0 bridgehead atoms. The molecule has 0 atom stereocenters. The molecule has 0 saturated heterocycles. The monoisotopic (exact) mass is 227 g/mol. The molecule has 0 unspecified atom stereocenters. The summed E-state index contributed by atoms with van der Waals surface area (Å²) in [5.41, 5.74) is 0. The minimum atomic E-state index is 0.0842. The van der Waals surface area contributed by atoms with Crippen LogP contribution >= 0.6 is 0 Å². The number of nitrogens with one attached hydrogen (secondary N) is 1. The van der Waals surface area contributed by atoms with Crippen LogP contribution in [0.4, 0.5) is 0 Å². The normalized spacial score (nSPS) is 10.9. The molecule has 0 radical (unpaired) electrons. The third-order valence-electron chi connectivity index (χ3n) is 2.21. The van der Waals surface area contributed by atoms with Crippen LogP contribution in [-0.2, 0) is 17.8 Å². The van der Waals surface area contributed by atoms with Crippen molar-refractivity contribution in [3.8, 4) is 0 Å². The predicted octanol–water partition coefficient (Wildman–Crippen LogP) is 0.392. The lowest BCUT2D eigenvalue weighted by atomic mass is 10.4. The summed E-state index contributed by atoms with van der Waals surface area (Å²) in [6.45, 7) is 5.81. The minimum Gasteiger partial charge on any atom is -0.394 e. The van der Waals surface area contributed by atoms with Crippen LogP contribution in [0.15, 0.2) is 12.4 Å². The van der Waals surface area contributed by atoms with Gasteiger partial charge in [0, 0.05) is 25.5 Å². The van der Waals surface area contributed by atoms with Crippen LogP contribution in [0.3, 0.4) is 0 Å². The molecule has 0 saturated carbocycles.